The van der Waals surface area contributed by atoms with Gasteiger partial charge in [-0.05, 0) is 62.2 Å². The van der Waals surface area contributed by atoms with Crippen LogP contribution in [0.15, 0.2) is 47.4 Å². The largest absolute Gasteiger partial charge is 0.497 e. The molecule has 12 heteroatoms. The molecule has 3 N–H and O–H groups in total. The zero-order valence-corrected chi connectivity index (χ0v) is 26.2. The summed E-state index contributed by atoms with van der Waals surface area (Å²) in [7, 11) is -0.835. The summed E-state index contributed by atoms with van der Waals surface area (Å²) in [4.78, 5) is 27.9. The van der Waals surface area contributed by atoms with Gasteiger partial charge in [0.25, 0.3) is 0 Å². The molecule has 0 radical (unpaired) electrons. The number of hydrogen-bond donors (Lipinski definition) is 3. The van der Waals surface area contributed by atoms with Crippen molar-refractivity contribution in [2.24, 2.45) is 5.92 Å². The van der Waals surface area contributed by atoms with E-state index in [4.69, 9.17) is 9.47 Å². The van der Waals surface area contributed by atoms with E-state index < -0.39 is 22.2 Å². The molecule has 11 nitrogen and oxygen atoms in total. The summed E-state index contributed by atoms with van der Waals surface area (Å²) in [6, 6.07) is 10.7. The lowest BCUT2D eigenvalue weighted by Gasteiger charge is -2.33. The number of nitrogens with one attached hydrogen (secondary N) is 2. The zero-order valence-electron chi connectivity index (χ0n) is 25.4. The van der Waals surface area contributed by atoms with Crippen LogP contribution in [0.25, 0.3) is 0 Å². The molecule has 1 heterocycles. The van der Waals surface area contributed by atoms with E-state index in [2.05, 4.69) is 10.6 Å². The fraction of sp³-hybridized carbons (Fsp3) is 0.548. The predicted octanol–water partition coefficient (Wildman–Crippen LogP) is 3.62. The van der Waals surface area contributed by atoms with Gasteiger partial charge in [0, 0.05) is 36.8 Å². The van der Waals surface area contributed by atoms with Gasteiger partial charge in [-0.2, -0.15) is 4.31 Å². The molecule has 2 aromatic rings. The Bertz CT molecular complexity index is 1360. The van der Waals surface area contributed by atoms with Gasteiger partial charge in [-0.3, -0.25) is 4.79 Å². The third-order valence-electron chi connectivity index (χ3n) is 8.32. The number of carbonyl (C=O) groups excluding carboxylic acids is 2. The Labute approximate surface area is 254 Å². The van der Waals surface area contributed by atoms with E-state index >= 15 is 0 Å². The van der Waals surface area contributed by atoms with Crippen molar-refractivity contribution in [1.29, 1.82) is 0 Å². The molecule has 2 aromatic carbocycles. The first-order valence-corrected chi connectivity index (χ1v) is 16.3. The van der Waals surface area contributed by atoms with Gasteiger partial charge >= 0.3 is 6.03 Å². The average Bonchev–Trinajstić information content (AvgIpc) is 3.04. The van der Waals surface area contributed by atoms with Crippen LogP contribution in [0.1, 0.15) is 51.5 Å². The highest BCUT2D eigenvalue weighted by Crippen LogP contribution is 2.30. The Morgan fingerprint density at radius 1 is 1.16 bits per heavy atom. The number of carbonyl (C=O) groups is 2. The number of sulfonamides is 1. The Kier molecular flexibility index (Phi) is 10.9. The maximum atomic E-state index is 13.5. The highest BCUT2D eigenvalue weighted by molar-refractivity contribution is 7.89. The Hall–Kier alpha value is -3.35. The number of nitrogens with zero attached hydrogens (tertiary/aromatic N) is 2. The number of fused-ring (bicyclic) bond motifs is 1. The summed E-state index contributed by atoms with van der Waals surface area (Å²) in [6.45, 7) is 3.75. The third kappa shape index (κ3) is 8.18. The van der Waals surface area contributed by atoms with Crippen molar-refractivity contribution in [3.8, 4) is 11.5 Å². The smallest absolute Gasteiger partial charge is 0.319 e. The van der Waals surface area contributed by atoms with Crippen LogP contribution in [0.5, 0.6) is 11.5 Å². The van der Waals surface area contributed by atoms with Gasteiger partial charge in [0.15, 0.2) is 0 Å². The molecule has 1 saturated carbocycles. The predicted molar refractivity (Wildman–Crippen MR) is 164 cm³/mol. The van der Waals surface area contributed by atoms with Crippen LogP contribution in [0.3, 0.4) is 0 Å². The van der Waals surface area contributed by atoms with Gasteiger partial charge in [0.05, 0.1) is 37.6 Å². The zero-order chi connectivity index (χ0) is 31.1. The summed E-state index contributed by atoms with van der Waals surface area (Å²) < 4.78 is 39.7. The number of rotatable bonds is 9. The molecule has 1 aliphatic carbocycles. The summed E-state index contributed by atoms with van der Waals surface area (Å²) in [5.74, 6) is 0.519. The molecular weight excluding hydrogens is 572 g/mol. The summed E-state index contributed by atoms with van der Waals surface area (Å²) in [6.07, 6.45) is 4.68. The number of anilines is 1. The van der Waals surface area contributed by atoms with Crippen molar-refractivity contribution >= 4 is 27.6 Å². The number of urea groups is 1. The maximum Gasteiger partial charge on any atom is 0.319 e. The molecule has 3 amide bonds. The Balaban J connectivity index is 1.59. The molecule has 0 saturated heterocycles. The van der Waals surface area contributed by atoms with E-state index in [1.54, 1.807) is 42.2 Å². The fourth-order valence-electron chi connectivity index (χ4n) is 5.60. The van der Waals surface area contributed by atoms with E-state index in [-0.39, 0.29) is 54.9 Å². The second-order valence-corrected chi connectivity index (χ2v) is 13.6. The minimum atomic E-state index is -3.85. The van der Waals surface area contributed by atoms with Gasteiger partial charge in [0.2, 0.25) is 15.9 Å². The number of amides is 3. The number of aliphatic hydroxyl groups excluding tert-OH is 1. The standard InChI is InChI=1S/C31H44N4O7S/c1-21-18-35(22(2)20-36)30(37)17-23-16-25(33-31(38)32-24-8-6-5-7-9-24)10-15-28(23)42-29(21)19-34(3)43(39,40)27-13-11-26(41-4)12-14-27/h10-16,21-22,24,29,36H,5-9,17-20H2,1-4H3,(H2,32,33,38)/t21-,22+,29+/m0/s1. The van der Waals surface area contributed by atoms with E-state index in [1.807, 2.05) is 6.92 Å². The number of benzene rings is 2. The fourth-order valence-corrected chi connectivity index (χ4v) is 6.79. The van der Waals surface area contributed by atoms with Crippen LogP contribution in [-0.2, 0) is 21.2 Å². The monoisotopic (exact) mass is 616 g/mol. The molecule has 1 fully saturated rings. The minimum absolute atomic E-state index is 0.00113. The normalized spacial score (nSPS) is 20.7. The van der Waals surface area contributed by atoms with Crippen LogP contribution in [-0.4, -0.2) is 86.7 Å². The lowest BCUT2D eigenvalue weighted by molar-refractivity contribution is -0.134. The molecule has 0 unspecified atom stereocenters. The summed E-state index contributed by atoms with van der Waals surface area (Å²) in [5.41, 5.74) is 1.09. The van der Waals surface area contributed by atoms with Crippen molar-refractivity contribution in [3.05, 3.63) is 48.0 Å². The van der Waals surface area contributed by atoms with Crippen LogP contribution >= 0.6 is 0 Å². The van der Waals surface area contributed by atoms with E-state index in [0.29, 0.717) is 22.7 Å². The number of aliphatic hydroxyl groups is 1. The number of methoxy groups -OCH3 is 1. The first-order valence-electron chi connectivity index (χ1n) is 14.9. The van der Waals surface area contributed by atoms with Crippen molar-refractivity contribution in [1.82, 2.24) is 14.5 Å². The molecule has 0 spiro atoms. The molecular formula is C31H44N4O7S. The van der Waals surface area contributed by atoms with Gasteiger partial charge in [-0.25, -0.2) is 13.2 Å². The van der Waals surface area contributed by atoms with Crippen LogP contribution in [0.2, 0.25) is 0 Å². The number of likely N-dealkylation sites (N-methyl/N-ethyl adjacent to an activating group) is 1. The molecule has 0 aromatic heterocycles. The van der Waals surface area contributed by atoms with Gasteiger partial charge < -0.3 is 30.1 Å². The van der Waals surface area contributed by atoms with E-state index in [9.17, 15) is 23.1 Å². The van der Waals surface area contributed by atoms with Crippen LogP contribution in [0, 0.1) is 5.92 Å². The lowest BCUT2D eigenvalue weighted by Crippen LogP contribution is -2.48. The first-order chi connectivity index (χ1) is 20.5. The molecule has 0 bridgehead atoms. The third-order valence-corrected chi connectivity index (χ3v) is 10.2. The molecule has 4 rings (SSSR count). The second-order valence-electron chi connectivity index (χ2n) is 11.6. The molecule has 2 aliphatic rings. The van der Waals surface area contributed by atoms with Crippen molar-refractivity contribution in [3.63, 3.8) is 0 Å². The summed E-state index contributed by atoms with van der Waals surface area (Å²) >= 11 is 0. The Morgan fingerprint density at radius 3 is 2.51 bits per heavy atom. The number of hydrogen-bond acceptors (Lipinski definition) is 7. The van der Waals surface area contributed by atoms with Crippen molar-refractivity contribution in [2.75, 3.05) is 39.2 Å². The average molecular weight is 617 g/mol. The molecule has 236 valence electrons. The highest BCUT2D eigenvalue weighted by atomic mass is 32.2. The molecule has 43 heavy (non-hydrogen) atoms. The highest BCUT2D eigenvalue weighted by Gasteiger charge is 2.33. The van der Waals surface area contributed by atoms with Gasteiger partial charge in [-0.15, -0.1) is 0 Å². The topological polar surface area (TPSA) is 138 Å². The van der Waals surface area contributed by atoms with E-state index in [1.165, 1.54) is 37.0 Å². The maximum absolute atomic E-state index is 13.5. The number of ether oxygens (including phenoxy) is 2. The Morgan fingerprint density at radius 2 is 1.86 bits per heavy atom. The quantitative estimate of drug-likeness (QED) is 0.391. The van der Waals surface area contributed by atoms with Crippen LogP contribution < -0.4 is 20.1 Å². The summed E-state index contributed by atoms with van der Waals surface area (Å²) in [5, 5.41) is 15.8. The van der Waals surface area contributed by atoms with E-state index in [0.717, 1.165) is 25.7 Å². The first kappa shape index (κ1) is 32.6. The van der Waals surface area contributed by atoms with Gasteiger partial charge in [-0.1, -0.05) is 26.2 Å². The van der Waals surface area contributed by atoms with Gasteiger partial charge in [0.1, 0.15) is 17.6 Å². The SMILES string of the molecule is COc1ccc(S(=O)(=O)N(C)C[C@H]2Oc3ccc(NC(=O)NC4CCCCC4)cc3CC(=O)N([C@H](C)CO)C[C@@H]2C)cc1. The van der Waals surface area contributed by atoms with Crippen molar-refractivity contribution < 1.29 is 32.6 Å². The lowest BCUT2D eigenvalue weighted by atomic mass is 9.96. The molecule has 1 aliphatic heterocycles. The molecule has 3 atom stereocenters. The minimum Gasteiger partial charge on any atom is -0.497 e. The van der Waals surface area contributed by atoms with Crippen molar-refractivity contribution in [2.45, 2.75) is 75.5 Å². The second kappa shape index (κ2) is 14.4. The van der Waals surface area contributed by atoms with Crippen LogP contribution in [0.4, 0.5) is 10.5 Å².